The van der Waals surface area contributed by atoms with Crippen molar-refractivity contribution in [1.29, 1.82) is 0 Å². The summed E-state index contributed by atoms with van der Waals surface area (Å²) < 4.78 is 10.1. The van der Waals surface area contributed by atoms with Crippen molar-refractivity contribution in [2.45, 2.75) is 90.9 Å². The second-order valence-electron chi connectivity index (χ2n) is 5.83. The number of ether oxygens (including phenoxy) is 1. The normalized spacial score (nSPS) is 10.5. The highest BCUT2D eigenvalue weighted by atomic mass is 32.2. The standard InChI is InChI=1S/C18H34O4S/c1-3-5-7-9-11-13-17(19)21-15-16-23-22-18(20)14-12-10-8-6-4-2/h3-16H2,1-2H3. The Morgan fingerprint density at radius 1 is 0.739 bits per heavy atom. The van der Waals surface area contributed by atoms with Crippen molar-refractivity contribution in [1.82, 2.24) is 0 Å². The summed E-state index contributed by atoms with van der Waals surface area (Å²) in [6.45, 7) is 4.65. The van der Waals surface area contributed by atoms with Crippen LogP contribution in [-0.4, -0.2) is 24.3 Å². The van der Waals surface area contributed by atoms with Gasteiger partial charge < -0.3 is 8.92 Å². The zero-order valence-electron chi connectivity index (χ0n) is 14.9. The molecule has 0 atom stereocenters. The van der Waals surface area contributed by atoms with Gasteiger partial charge >= 0.3 is 11.9 Å². The first kappa shape index (κ1) is 22.3. The summed E-state index contributed by atoms with van der Waals surface area (Å²) in [4.78, 5) is 22.9. The van der Waals surface area contributed by atoms with Gasteiger partial charge in [-0.05, 0) is 12.8 Å². The molecule has 5 heteroatoms. The van der Waals surface area contributed by atoms with Crippen molar-refractivity contribution < 1.29 is 18.5 Å². The smallest absolute Gasteiger partial charge is 0.317 e. The molecule has 0 aromatic rings. The molecule has 23 heavy (non-hydrogen) atoms. The minimum atomic E-state index is -0.172. The van der Waals surface area contributed by atoms with E-state index in [1.165, 1.54) is 38.5 Å². The number of rotatable bonds is 16. The van der Waals surface area contributed by atoms with Gasteiger partial charge in [-0.2, -0.15) is 0 Å². The number of unbranched alkanes of at least 4 members (excludes halogenated alkanes) is 8. The van der Waals surface area contributed by atoms with Crippen molar-refractivity contribution in [3.8, 4) is 0 Å². The molecule has 0 saturated carbocycles. The summed E-state index contributed by atoms with van der Waals surface area (Å²) in [5.41, 5.74) is 0. The van der Waals surface area contributed by atoms with Crippen molar-refractivity contribution in [2.24, 2.45) is 0 Å². The van der Waals surface area contributed by atoms with Crippen LogP contribution in [0.1, 0.15) is 90.9 Å². The van der Waals surface area contributed by atoms with Gasteiger partial charge in [0.1, 0.15) is 6.61 Å². The molecule has 0 radical (unpaired) electrons. The number of hydrogen-bond donors (Lipinski definition) is 0. The first-order valence-electron chi connectivity index (χ1n) is 9.18. The fourth-order valence-corrected chi connectivity index (χ4v) is 2.61. The maximum absolute atomic E-state index is 11.5. The number of carbonyl (C=O) groups excluding carboxylic acids is 2. The summed E-state index contributed by atoms with van der Waals surface area (Å²) in [5.74, 6) is 0.182. The molecular formula is C18H34O4S. The SMILES string of the molecule is CCCCCCCC(=O)OCCSOC(=O)CCCCCCC. The molecule has 0 aromatic heterocycles. The van der Waals surface area contributed by atoms with E-state index in [0.717, 1.165) is 37.7 Å². The number of esters is 1. The highest BCUT2D eigenvalue weighted by Crippen LogP contribution is 2.10. The maximum Gasteiger partial charge on any atom is 0.317 e. The molecule has 0 saturated heterocycles. The van der Waals surface area contributed by atoms with Gasteiger partial charge in [-0.3, -0.25) is 9.59 Å². The van der Waals surface area contributed by atoms with E-state index in [1.54, 1.807) is 0 Å². The van der Waals surface area contributed by atoms with Crippen LogP contribution in [0.5, 0.6) is 0 Å². The first-order chi connectivity index (χ1) is 11.2. The van der Waals surface area contributed by atoms with Crippen LogP contribution in [-0.2, 0) is 18.5 Å². The second kappa shape index (κ2) is 17.6. The molecule has 0 bridgehead atoms. The Hall–Kier alpha value is -0.710. The quantitative estimate of drug-likeness (QED) is 0.211. The lowest BCUT2D eigenvalue weighted by molar-refractivity contribution is -0.143. The summed E-state index contributed by atoms with van der Waals surface area (Å²) >= 11 is 1.08. The molecule has 0 aromatic carbocycles. The third-order valence-corrected chi connectivity index (χ3v) is 4.19. The van der Waals surface area contributed by atoms with Crippen LogP contribution in [0.4, 0.5) is 0 Å². The van der Waals surface area contributed by atoms with Crippen LogP contribution in [0.25, 0.3) is 0 Å². The van der Waals surface area contributed by atoms with E-state index in [0.29, 0.717) is 25.2 Å². The summed E-state index contributed by atoms with van der Waals surface area (Å²) in [7, 11) is 0. The molecule has 0 aliphatic carbocycles. The third-order valence-electron chi connectivity index (χ3n) is 3.55. The molecule has 0 aliphatic rings. The van der Waals surface area contributed by atoms with Crippen LogP contribution >= 0.6 is 12.0 Å². The van der Waals surface area contributed by atoms with E-state index < -0.39 is 0 Å². The van der Waals surface area contributed by atoms with Crippen LogP contribution in [0.15, 0.2) is 0 Å². The lowest BCUT2D eigenvalue weighted by atomic mass is 10.1. The lowest BCUT2D eigenvalue weighted by Gasteiger charge is -2.05. The van der Waals surface area contributed by atoms with Gasteiger partial charge in [-0.15, -0.1) is 0 Å². The first-order valence-corrected chi connectivity index (χ1v) is 10.1. The van der Waals surface area contributed by atoms with E-state index in [4.69, 9.17) is 8.92 Å². The second-order valence-corrected chi connectivity index (χ2v) is 6.64. The number of carbonyl (C=O) groups is 2. The molecule has 0 fully saturated rings. The van der Waals surface area contributed by atoms with E-state index in [-0.39, 0.29) is 11.9 Å². The van der Waals surface area contributed by atoms with Crippen molar-refractivity contribution >= 4 is 24.0 Å². The predicted octanol–water partition coefficient (Wildman–Crippen LogP) is 5.44. The maximum atomic E-state index is 11.5. The Bertz CT molecular complexity index is 267. The molecule has 136 valence electrons. The molecule has 0 heterocycles. The fraction of sp³-hybridized carbons (Fsp3) is 0.889. The average Bonchev–Trinajstić information content (AvgIpc) is 2.54. The van der Waals surface area contributed by atoms with E-state index >= 15 is 0 Å². The zero-order valence-corrected chi connectivity index (χ0v) is 15.8. The van der Waals surface area contributed by atoms with Crippen LogP contribution < -0.4 is 0 Å². The Balaban J connectivity index is 3.30. The average molecular weight is 347 g/mol. The summed E-state index contributed by atoms with van der Waals surface area (Å²) in [6, 6.07) is 0. The minimum Gasteiger partial charge on any atom is -0.465 e. The van der Waals surface area contributed by atoms with Crippen LogP contribution in [0, 0.1) is 0 Å². The molecule has 0 amide bonds. The van der Waals surface area contributed by atoms with Crippen molar-refractivity contribution in [3.05, 3.63) is 0 Å². The highest BCUT2D eigenvalue weighted by Gasteiger charge is 2.05. The molecule has 4 nitrogen and oxygen atoms in total. The van der Waals surface area contributed by atoms with E-state index in [2.05, 4.69) is 13.8 Å². The Morgan fingerprint density at radius 2 is 1.26 bits per heavy atom. The molecule has 0 spiro atoms. The van der Waals surface area contributed by atoms with Crippen LogP contribution in [0.2, 0.25) is 0 Å². The van der Waals surface area contributed by atoms with Crippen molar-refractivity contribution in [2.75, 3.05) is 12.4 Å². The summed E-state index contributed by atoms with van der Waals surface area (Å²) in [6.07, 6.45) is 12.2. The Kier molecular flexibility index (Phi) is 17.1. The number of hydrogen-bond acceptors (Lipinski definition) is 5. The highest BCUT2D eigenvalue weighted by molar-refractivity contribution is 7.95. The Labute approximate surface area is 146 Å². The zero-order chi connectivity index (χ0) is 17.2. The molecular weight excluding hydrogens is 312 g/mol. The fourth-order valence-electron chi connectivity index (χ4n) is 2.16. The lowest BCUT2D eigenvalue weighted by Crippen LogP contribution is -2.08. The molecule has 0 unspecified atom stereocenters. The molecule has 0 N–H and O–H groups in total. The minimum absolute atomic E-state index is 0.149. The van der Waals surface area contributed by atoms with Crippen LogP contribution in [0.3, 0.4) is 0 Å². The molecule has 0 aliphatic heterocycles. The third kappa shape index (κ3) is 17.5. The topological polar surface area (TPSA) is 52.6 Å². The largest absolute Gasteiger partial charge is 0.465 e. The Morgan fingerprint density at radius 3 is 1.83 bits per heavy atom. The van der Waals surface area contributed by atoms with Gasteiger partial charge in [0.25, 0.3) is 0 Å². The van der Waals surface area contributed by atoms with Gasteiger partial charge in [0, 0.05) is 12.8 Å². The van der Waals surface area contributed by atoms with E-state index in [9.17, 15) is 9.59 Å². The summed E-state index contributed by atoms with van der Waals surface area (Å²) in [5, 5.41) is 0. The predicted molar refractivity (Wildman–Crippen MR) is 96.3 cm³/mol. The van der Waals surface area contributed by atoms with E-state index in [1.807, 2.05) is 0 Å². The van der Waals surface area contributed by atoms with Gasteiger partial charge in [0.2, 0.25) is 0 Å². The monoisotopic (exact) mass is 346 g/mol. The van der Waals surface area contributed by atoms with Crippen molar-refractivity contribution in [3.63, 3.8) is 0 Å². The van der Waals surface area contributed by atoms with Gasteiger partial charge in [0.05, 0.1) is 17.8 Å². The van der Waals surface area contributed by atoms with Gasteiger partial charge in [0.15, 0.2) is 0 Å². The van der Waals surface area contributed by atoms with Gasteiger partial charge in [-0.25, -0.2) is 0 Å². The van der Waals surface area contributed by atoms with Gasteiger partial charge in [-0.1, -0.05) is 65.2 Å². The molecule has 0 rings (SSSR count).